The number of amides is 1. The molecule has 0 radical (unpaired) electrons. The number of nitrogens with one attached hydrogen (secondary N) is 1. The molecule has 4 nitrogen and oxygen atoms in total. The number of rotatable bonds is 9. The van der Waals surface area contributed by atoms with Crippen LogP contribution >= 0.6 is 23.4 Å². The number of ether oxygens (including phenoxy) is 1. The molecule has 2 aromatic carbocycles. The number of carbonyl (C=O) groups excluding carboxylic acids is 1. The third-order valence-corrected chi connectivity index (χ3v) is 4.72. The Morgan fingerprint density at radius 1 is 1.20 bits per heavy atom. The molecule has 0 saturated carbocycles. The van der Waals surface area contributed by atoms with Gasteiger partial charge in [0.1, 0.15) is 12.4 Å². The molecule has 0 aliphatic heterocycles. The Kier molecular flexibility index (Phi) is 8.12. The Bertz CT molecular complexity index is 697. The third kappa shape index (κ3) is 6.27. The summed E-state index contributed by atoms with van der Waals surface area (Å²) in [6, 6.07) is 14.7. The predicted molar refractivity (Wildman–Crippen MR) is 105 cm³/mol. The molecule has 0 unspecified atom stereocenters. The molecule has 0 aromatic heterocycles. The number of hydrogen-bond donors (Lipinski definition) is 2. The zero-order valence-electron chi connectivity index (χ0n) is 14.2. The van der Waals surface area contributed by atoms with Gasteiger partial charge in [0, 0.05) is 6.54 Å². The number of carbonyl (C=O) groups is 1. The first-order valence-electron chi connectivity index (χ1n) is 8.08. The summed E-state index contributed by atoms with van der Waals surface area (Å²) in [5.74, 6) is 1.38. The topological polar surface area (TPSA) is 64.4 Å². The summed E-state index contributed by atoms with van der Waals surface area (Å²) >= 11 is 7.79. The molecule has 1 amide bonds. The molecule has 1 atom stereocenters. The lowest BCUT2D eigenvalue weighted by atomic mass is 10.1. The molecule has 134 valence electrons. The van der Waals surface area contributed by atoms with Crippen LogP contribution in [-0.4, -0.2) is 24.0 Å². The molecule has 3 N–H and O–H groups in total. The summed E-state index contributed by atoms with van der Waals surface area (Å²) in [5.41, 5.74) is 7.89. The Balaban J connectivity index is 1.94. The Hall–Kier alpha value is -1.69. The minimum Gasteiger partial charge on any atom is -0.487 e. The van der Waals surface area contributed by atoms with Gasteiger partial charge in [0.15, 0.2) is 0 Å². The summed E-state index contributed by atoms with van der Waals surface area (Å²) in [5, 5.41) is 3.48. The Morgan fingerprint density at radius 3 is 2.60 bits per heavy atom. The Morgan fingerprint density at radius 2 is 1.88 bits per heavy atom. The smallest absolute Gasteiger partial charge is 0.237 e. The minimum absolute atomic E-state index is 0.129. The van der Waals surface area contributed by atoms with Crippen molar-refractivity contribution in [3.05, 3.63) is 64.7 Å². The Labute approximate surface area is 158 Å². The van der Waals surface area contributed by atoms with Crippen molar-refractivity contribution in [1.29, 1.82) is 0 Å². The lowest BCUT2D eigenvalue weighted by Gasteiger charge is -2.15. The minimum atomic E-state index is -0.473. The van der Waals surface area contributed by atoms with E-state index >= 15 is 0 Å². The van der Waals surface area contributed by atoms with E-state index in [1.165, 1.54) is 0 Å². The van der Waals surface area contributed by atoms with Gasteiger partial charge in [-0.05, 0) is 41.7 Å². The monoisotopic (exact) mass is 378 g/mol. The molecule has 2 aromatic rings. The average Bonchev–Trinajstić information content (AvgIpc) is 2.64. The van der Waals surface area contributed by atoms with Crippen LogP contribution in [0, 0.1) is 0 Å². The number of thioether (sulfide) groups is 1. The third-order valence-electron chi connectivity index (χ3n) is 3.76. The average molecular weight is 379 g/mol. The van der Waals surface area contributed by atoms with Gasteiger partial charge in [-0.1, -0.05) is 48.0 Å². The van der Waals surface area contributed by atoms with Gasteiger partial charge in [-0.15, -0.1) is 0 Å². The van der Waals surface area contributed by atoms with Crippen LogP contribution in [0.3, 0.4) is 0 Å². The van der Waals surface area contributed by atoms with Gasteiger partial charge in [0.25, 0.3) is 0 Å². The van der Waals surface area contributed by atoms with Crippen molar-refractivity contribution in [2.45, 2.75) is 25.6 Å². The van der Waals surface area contributed by atoms with Crippen molar-refractivity contribution in [3.8, 4) is 5.75 Å². The van der Waals surface area contributed by atoms with E-state index in [1.54, 1.807) is 17.8 Å². The zero-order chi connectivity index (χ0) is 18.1. The first-order valence-corrected chi connectivity index (χ1v) is 9.85. The number of benzene rings is 2. The second-order valence-electron chi connectivity index (χ2n) is 5.59. The molecule has 0 saturated heterocycles. The largest absolute Gasteiger partial charge is 0.487 e. The van der Waals surface area contributed by atoms with Gasteiger partial charge in [-0.3, -0.25) is 4.79 Å². The molecule has 2 rings (SSSR count). The summed E-state index contributed by atoms with van der Waals surface area (Å²) < 4.78 is 5.80. The molecule has 6 heteroatoms. The number of halogens is 1. The maximum Gasteiger partial charge on any atom is 0.237 e. The second-order valence-corrected chi connectivity index (χ2v) is 6.99. The van der Waals surface area contributed by atoms with Crippen molar-refractivity contribution in [2.75, 3.05) is 12.0 Å². The van der Waals surface area contributed by atoms with E-state index in [-0.39, 0.29) is 5.91 Å². The molecule has 0 spiro atoms. The van der Waals surface area contributed by atoms with E-state index in [1.807, 2.05) is 48.7 Å². The molecule has 0 aliphatic rings. The van der Waals surface area contributed by atoms with Gasteiger partial charge in [-0.2, -0.15) is 11.8 Å². The maximum absolute atomic E-state index is 12.1. The van der Waals surface area contributed by atoms with E-state index in [0.29, 0.717) is 30.3 Å². The maximum atomic E-state index is 12.1. The fourth-order valence-electron chi connectivity index (χ4n) is 2.28. The predicted octanol–water partition coefficient (Wildman–Crippen LogP) is 3.62. The number of para-hydroxylation sites is 1. The van der Waals surface area contributed by atoms with Crippen molar-refractivity contribution >= 4 is 29.3 Å². The van der Waals surface area contributed by atoms with E-state index in [4.69, 9.17) is 22.1 Å². The summed E-state index contributed by atoms with van der Waals surface area (Å²) in [6.07, 6.45) is 2.67. The molecule has 25 heavy (non-hydrogen) atoms. The molecule has 0 bridgehead atoms. The van der Waals surface area contributed by atoms with Gasteiger partial charge >= 0.3 is 0 Å². The van der Waals surface area contributed by atoms with Crippen LogP contribution in [0.15, 0.2) is 48.5 Å². The van der Waals surface area contributed by atoms with Gasteiger partial charge in [-0.25, -0.2) is 0 Å². The molecular weight excluding hydrogens is 356 g/mol. The first kappa shape index (κ1) is 19.6. The lowest BCUT2D eigenvalue weighted by Crippen LogP contribution is -2.40. The normalized spacial score (nSPS) is 11.8. The highest BCUT2D eigenvalue weighted by molar-refractivity contribution is 7.98. The molecule has 0 aliphatic carbocycles. The molecule has 0 heterocycles. The van der Waals surface area contributed by atoms with Crippen LogP contribution in [0.1, 0.15) is 17.5 Å². The van der Waals surface area contributed by atoms with E-state index in [9.17, 15) is 4.79 Å². The lowest BCUT2D eigenvalue weighted by molar-refractivity contribution is -0.122. The first-order chi connectivity index (χ1) is 12.1. The quantitative estimate of drug-likeness (QED) is 0.699. The van der Waals surface area contributed by atoms with Crippen LogP contribution in [0.4, 0.5) is 0 Å². The van der Waals surface area contributed by atoms with Crippen LogP contribution in [0.25, 0.3) is 0 Å². The summed E-state index contributed by atoms with van der Waals surface area (Å²) in [6.45, 7) is 0.808. The van der Waals surface area contributed by atoms with E-state index in [2.05, 4.69) is 5.32 Å². The standard InChI is InChI=1S/C19H23ClN2O2S/c1-25-11-10-17(21)19(23)22-12-14-6-2-3-7-15(14)13-24-18-9-5-4-8-16(18)20/h2-9,17H,10-13,21H2,1H3,(H,22,23)/t17-/m0/s1. The van der Waals surface area contributed by atoms with Crippen molar-refractivity contribution in [1.82, 2.24) is 5.32 Å². The SMILES string of the molecule is CSCC[C@H](N)C(=O)NCc1ccccc1COc1ccccc1Cl. The van der Waals surface area contributed by atoms with Crippen LogP contribution in [-0.2, 0) is 17.9 Å². The fraction of sp³-hybridized carbons (Fsp3) is 0.316. The highest BCUT2D eigenvalue weighted by Crippen LogP contribution is 2.24. The highest BCUT2D eigenvalue weighted by atomic mass is 35.5. The van der Waals surface area contributed by atoms with Gasteiger partial charge in [0.2, 0.25) is 5.91 Å². The van der Waals surface area contributed by atoms with Crippen molar-refractivity contribution in [3.63, 3.8) is 0 Å². The van der Waals surface area contributed by atoms with Gasteiger partial charge < -0.3 is 15.8 Å². The van der Waals surface area contributed by atoms with Crippen LogP contribution < -0.4 is 15.8 Å². The van der Waals surface area contributed by atoms with Crippen LogP contribution in [0.2, 0.25) is 5.02 Å². The van der Waals surface area contributed by atoms with E-state index in [0.717, 1.165) is 16.9 Å². The number of nitrogens with two attached hydrogens (primary N) is 1. The molecular formula is C19H23ClN2O2S. The second kappa shape index (κ2) is 10.3. The highest BCUT2D eigenvalue weighted by Gasteiger charge is 2.13. The zero-order valence-corrected chi connectivity index (χ0v) is 15.8. The van der Waals surface area contributed by atoms with Crippen molar-refractivity contribution < 1.29 is 9.53 Å². The summed E-state index contributed by atoms with van der Waals surface area (Å²) in [4.78, 5) is 12.1. The van der Waals surface area contributed by atoms with Crippen molar-refractivity contribution in [2.24, 2.45) is 5.73 Å². The fourth-order valence-corrected chi connectivity index (χ4v) is 2.96. The van der Waals surface area contributed by atoms with Gasteiger partial charge in [0.05, 0.1) is 11.1 Å². The van der Waals surface area contributed by atoms with Crippen LogP contribution in [0.5, 0.6) is 5.75 Å². The molecule has 0 fully saturated rings. The van der Waals surface area contributed by atoms with E-state index < -0.39 is 6.04 Å². The summed E-state index contributed by atoms with van der Waals surface area (Å²) in [7, 11) is 0. The number of hydrogen-bond acceptors (Lipinski definition) is 4.